The van der Waals surface area contributed by atoms with Gasteiger partial charge >= 0.3 is 0 Å². The van der Waals surface area contributed by atoms with E-state index >= 15 is 0 Å². The number of anilines is 1. The molecule has 1 aromatic rings. The lowest BCUT2D eigenvalue weighted by atomic mass is 10.1. The second-order valence-corrected chi connectivity index (χ2v) is 7.56. The van der Waals surface area contributed by atoms with E-state index < -0.39 is 9.84 Å². The van der Waals surface area contributed by atoms with Crippen molar-refractivity contribution in [3.63, 3.8) is 0 Å². The Morgan fingerprint density at radius 2 is 2.11 bits per heavy atom. The number of benzene rings is 1. The molecule has 0 saturated heterocycles. The molecule has 100 valence electrons. The van der Waals surface area contributed by atoms with E-state index in [4.69, 9.17) is 11.6 Å². The quantitative estimate of drug-likeness (QED) is 0.903. The van der Waals surface area contributed by atoms with E-state index in [-0.39, 0.29) is 0 Å². The van der Waals surface area contributed by atoms with Crippen molar-refractivity contribution in [2.75, 3.05) is 11.6 Å². The summed E-state index contributed by atoms with van der Waals surface area (Å²) in [5.41, 5.74) is 0.702. The lowest BCUT2D eigenvalue weighted by molar-refractivity contribution is 0.601. The van der Waals surface area contributed by atoms with E-state index in [1.807, 2.05) is 0 Å². The zero-order valence-electron chi connectivity index (χ0n) is 10.6. The highest BCUT2D eigenvalue weighted by Crippen LogP contribution is 2.35. The fourth-order valence-electron chi connectivity index (χ4n) is 2.02. The van der Waals surface area contributed by atoms with Crippen LogP contribution in [0.1, 0.15) is 26.2 Å². The lowest BCUT2D eigenvalue weighted by Gasteiger charge is -2.16. The molecule has 0 amide bonds. The van der Waals surface area contributed by atoms with Gasteiger partial charge in [-0.2, -0.15) is 0 Å². The van der Waals surface area contributed by atoms with E-state index in [0.717, 1.165) is 12.3 Å². The number of hydrogen-bond acceptors (Lipinski definition) is 3. The zero-order valence-corrected chi connectivity index (χ0v) is 12.2. The molecule has 18 heavy (non-hydrogen) atoms. The SMILES string of the molecule is CC(CC1CC1)Nc1cc(S(C)(=O)=O)ccc1Cl. The molecular formula is C13H18ClNO2S. The summed E-state index contributed by atoms with van der Waals surface area (Å²) in [5, 5.41) is 3.86. The molecule has 0 aromatic heterocycles. The Morgan fingerprint density at radius 1 is 1.44 bits per heavy atom. The van der Waals surface area contributed by atoms with E-state index in [2.05, 4.69) is 12.2 Å². The average molecular weight is 288 g/mol. The second-order valence-electron chi connectivity index (χ2n) is 5.14. The van der Waals surface area contributed by atoms with Crippen LogP contribution in [0.4, 0.5) is 5.69 Å². The van der Waals surface area contributed by atoms with Crippen molar-refractivity contribution in [2.45, 2.75) is 37.1 Å². The maximum atomic E-state index is 11.5. The first-order valence-electron chi connectivity index (χ1n) is 6.12. The zero-order chi connectivity index (χ0) is 13.3. The van der Waals surface area contributed by atoms with Gasteiger partial charge < -0.3 is 5.32 Å². The Kier molecular flexibility index (Phi) is 3.87. The van der Waals surface area contributed by atoms with Gasteiger partial charge in [-0.05, 0) is 37.5 Å². The topological polar surface area (TPSA) is 46.2 Å². The van der Waals surface area contributed by atoms with Gasteiger partial charge in [-0.15, -0.1) is 0 Å². The van der Waals surface area contributed by atoms with Gasteiger partial charge in [-0.3, -0.25) is 0 Å². The summed E-state index contributed by atoms with van der Waals surface area (Å²) >= 11 is 6.09. The number of rotatable bonds is 5. The molecule has 1 fully saturated rings. The molecule has 0 bridgehead atoms. The van der Waals surface area contributed by atoms with E-state index in [0.29, 0.717) is 21.6 Å². The molecule has 1 aliphatic carbocycles. The molecule has 0 spiro atoms. The first-order chi connectivity index (χ1) is 8.36. The third kappa shape index (κ3) is 3.62. The smallest absolute Gasteiger partial charge is 0.175 e. The third-order valence-corrected chi connectivity index (χ3v) is 4.59. The van der Waals surface area contributed by atoms with Crippen molar-refractivity contribution < 1.29 is 8.42 Å². The van der Waals surface area contributed by atoms with Crippen LogP contribution in [0.2, 0.25) is 5.02 Å². The van der Waals surface area contributed by atoms with Gasteiger partial charge in [-0.1, -0.05) is 24.4 Å². The molecule has 0 aliphatic heterocycles. The van der Waals surface area contributed by atoms with Gasteiger partial charge in [0.15, 0.2) is 9.84 Å². The lowest BCUT2D eigenvalue weighted by Crippen LogP contribution is -2.16. The molecule has 1 saturated carbocycles. The maximum Gasteiger partial charge on any atom is 0.175 e. The summed E-state index contributed by atoms with van der Waals surface area (Å²) in [6.07, 6.45) is 4.93. The van der Waals surface area contributed by atoms with Gasteiger partial charge in [0.1, 0.15) is 0 Å². The van der Waals surface area contributed by atoms with Gasteiger partial charge in [0, 0.05) is 12.3 Å². The Hall–Kier alpha value is -0.740. The van der Waals surface area contributed by atoms with Crippen LogP contribution in [-0.4, -0.2) is 20.7 Å². The Balaban J connectivity index is 2.15. The first-order valence-corrected chi connectivity index (χ1v) is 8.39. The molecule has 5 heteroatoms. The second kappa shape index (κ2) is 5.10. The van der Waals surface area contributed by atoms with E-state index in [9.17, 15) is 8.42 Å². The van der Waals surface area contributed by atoms with Crippen LogP contribution >= 0.6 is 11.6 Å². The van der Waals surface area contributed by atoms with E-state index in [1.54, 1.807) is 12.1 Å². The van der Waals surface area contributed by atoms with Crippen LogP contribution in [0.5, 0.6) is 0 Å². The number of hydrogen-bond donors (Lipinski definition) is 1. The summed E-state index contributed by atoms with van der Waals surface area (Å²) in [5.74, 6) is 0.823. The monoisotopic (exact) mass is 287 g/mol. The van der Waals surface area contributed by atoms with Crippen LogP contribution in [0.3, 0.4) is 0 Å². The highest BCUT2D eigenvalue weighted by Gasteiger charge is 2.23. The highest BCUT2D eigenvalue weighted by molar-refractivity contribution is 7.90. The summed E-state index contributed by atoms with van der Waals surface area (Å²) in [4.78, 5) is 0.299. The van der Waals surface area contributed by atoms with Crippen LogP contribution in [-0.2, 0) is 9.84 Å². The molecule has 1 aromatic carbocycles. The van der Waals surface area contributed by atoms with Crippen molar-refractivity contribution in [3.05, 3.63) is 23.2 Å². The Bertz CT molecular complexity index is 538. The third-order valence-electron chi connectivity index (χ3n) is 3.15. The van der Waals surface area contributed by atoms with Gasteiger partial charge in [0.2, 0.25) is 0 Å². The molecule has 1 atom stereocenters. The van der Waals surface area contributed by atoms with Crippen molar-refractivity contribution in [2.24, 2.45) is 5.92 Å². The van der Waals surface area contributed by atoms with Gasteiger partial charge in [-0.25, -0.2) is 8.42 Å². The fourth-order valence-corrected chi connectivity index (χ4v) is 2.84. The summed E-state index contributed by atoms with van der Waals surface area (Å²) in [7, 11) is -3.19. The minimum absolute atomic E-state index is 0.299. The van der Waals surface area contributed by atoms with Crippen molar-refractivity contribution in [1.82, 2.24) is 0 Å². The molecular weight excluding hydrogens is 270 g/mol. The first kappa shape index (κ1) is 13.7. The van der Waals surface area contributed by atoms with Crippen LogP contribution in [0, 0.1) is 5.92 Å². The van der Waals surface area contributed by atoms with E-state index in [1.165, 1.54) is 25.2 Å². The number of sulfone groups is 1. The predicted octanol–water partition coefficient (Wildman–Crippen LogP) is 3.34. The summed E-state index contributed by atoms with van der Waals surface area (Å²) in [6, 6.07) is 5.09. The molecule has 2 rings (SSSR count). The number of halogens is 1. The van der Waals surface area contributed by atoms with Crippen molar-refractivity contribution in [3.8, 4) is 0 Å². The molecule has 1 N–H and O–H groups in total. The van der Waals surface area contributed by atoms with Crippen LogP contribution in [0.15, 0.2) is 23.1 Å². The van der Waals surface area contributed by atoms with Gasteiger partial charge in [0.05, 0.1) is 15.6 Å². The Morgan fingerprint density at radius 3 is 2.67 bits per heavy atom. The molecule has 0 radical (unpaired) electrons. The highest BCUT2D eigenvalue weighted by atomic mass is 35.5. The molecule has 1 unspecified atom stereocenters. The summed E-state index contributed by atoms with van der Waals surface area (Å²) in [6.45, 7) is 2.10. The molecule has 0 heterocycles. The van der Waals surface area contributed by atoms with Crippen molar-refractivity contribution >= 4 is 27.1 Å². The van der Waals surface area contributed by atoms with Crippen molar-refractivity contribution in [1.29, 1.82) is 0 Å². The minimum Gasteiger partial charge on any atom is -0.381 e. The number of nitrogens with one attached hydrogen (secondary N) is 1. The Labute approximate surface area is 113 Å². The standard InChI is InChI=1S/C13H18ClNO2S/c1-9(7-10-3-4-10)15-13-8-11(18(2,16)17)5-6-12(13)14/h5-6,8-10,15H,3-4,7H2,1-2H3. The van der Waals surface area contributed by atoms with Crippen LogP contribution in [0.25, 0.3) is 0 Å². The average Bonchev–Trinajstić information content (AvgIpc) is 3.03. The molecule has 1 aliphatic rings. The minimum atomic E-state index is -3.19. The maximum absolute atomic E-state index is 11.5. The van der Waals surface area contributed by atoms with Crippen LogP contribution < -0.4 is 5.32 Å². The molecule has 3 nitrogen and oxygen atoms in total. The summed E-state index contributed by atoms with van der Waals surface area (Å²) < 4.78 is 23.0. The predicted molar refractivity (Wildman–Crippen MR) is 75.0 cm³/mol. The fraction of sp³-hybridized carbons (Fsp3) is 0.538. The van der Waals surface area contributed by atoms with Gasteiger partial charge in [0.25, 0.3) is 0 Å². The normalized spacial score (nSPS) is 17.5. The largest absolute Gasteiger partial charge is 0.381 e.